The van der Waals surface area contributed by atoms with Gasteiger partial charge in [-0.05, 0) is 5.56 Å². The van der Waals surface area contributed by atoms with E-state index in [2.05, 4.69) is 9.97 Å². The number of aliphatic hydroxyl groups is 1. The molecule has 0 fully saturated rings. The zero-order valence-electron chi connectivity index (χ0n) is 8.09. The van der Waals surface area contributed by atoms with E-state index in [0.717, 1.165) is 16.8 Å². The van der Waals surface area contributed by atoms with Crippen LogP contribution in [0.5, 0.6) is 0 Å². The Labute approximate surface area is 87.4 Å². The molecular weight excluding hydrogens is 190 g/mol. The molecule has 0 aliphatic carbocycles. The second-order valence-corrected chi connectivity index (χ2v) is 3.18. The summed E-state index contributed by atoms with van der Waals surface area (Å²) in [4.78, 5) is 8.12. The highest BCUT2D eigenvalue weighted by Gasteiger charge is 2.00. The third-order valence-corrected chi connectivity index (χ3v) is 2.09. The van der Waals surface area contributed by atoms with Crippen LogP contribution in [-0.4, -0.2) is 15.1 Å². The molecule has 0 bridgehead atoms. The van der Waals surface area contributed by atoms with Crippen molar-refractivity contribution in [3.63, 3.8) is 0 Å². The van der Waals surface area contributed by atoms with Crippen molar-refractivity contribution in [2.45, 2.75) is 6.61 Å². The fourth-order valence-corrected chi connectivity index (χ4v) is 1.30. The summed E-state index contributed by atoms with van der Waals surface area (Å²) in [7, 11) is 0. The summed E-state index contributed by atoms with van der Waals surface area (Å²) in [6.45, 7) is 0.0445. The monoisotopic (exact) mass is 201 g/mol. The number of hydrogen-bond donors (Lipinski definition) is 2. The van der Waals surface area contributed by atoms with E-state index in [0.29, 0.717) is 5.82 Å². The van der Waals surface area contributed by atoms with Gasteiger partial charge in [-0.1, -0.05) is 24.3 Å². The third-order valence-electron chi connectivity index (χ3n) is 2.09. The maximum Gasteiger partial charge on any atom is 0.142 e. The molecule has 0 radical (unpaired) electrons. The van der Waals surface area contributed by atoms with Crippen molar-refractivity contribution in [2.75, 3.05) is 5.73 Å². The Kier molecular flexibility index (Phi) is 2.60. The van der Waals surface area contributed by atoms with Crippen LogP contribution >= 0.6 is 0 Å². The summed E-state index contributed by atoms with van der Waals surface area (Å²) in [5, 5.41) is 8.90. The Morgan fingerprint density at radius 1 is 1.13 bits per heavy atom. The summed E-state index contributed by atoms with van der Waals surface area (Å²) in [6.07, 6.45) is 3.16. The predicted octanol–water partition coefficient (Wildman–Crippen LogP) is 1.22. The molecule has 2 rings (SSSR count). The largest absolute Gasteiger partial charge is 0.392 e. The molecule has 76 valence electrons. The van der Waals surface area contributed by atoms with Gasteiger partial charge in [0.05, 0.1) is 24.7 Å². The van der Waals surface area contributed by atoms with Gasteiger partial charge in [-0.3, -0.25) is 4.98 Å². The Bertz CT molecular complexity index is 454. The molecule has 0 saturated heterocycles. The van der Waals surface area contributed by atoms with Crippen LogP contribution in [-0.2, 0) is 6.61 Å². The van der Waals surface area contributed by atoms with Gasteiger partial charge < -0.3 is 10.8 Å². The number of benzene rings is 1. The highest BCUT2D eigenvalue weighted by atomic mass is 16.3. The summed E-state index contributed by atoms with van der Waals surface area (Å²) in [6, 6.07) is 7.46. The first-order valence-electron chi connectivity index (χ1n) is 4.57. The van der Waals surface area contributed by atoms with Gasteiger partial charge in [0, 0.05) is 5.56 Å². The summed E-state index contributed by atoms with van der Waals surface area (Å²) in [5.74, 6) is 0.402. The molecule has 3 N–H and O–H groups in total. The zero-order valence-corrected chi connectivity index (χ0v) is 8.09. The standard InChI is InChI=1S/C11H11N3O/c12-11-6-13-5-10(14-11)9-3-1-8(7-15)2-4-9/h1-6,15H,7H2,(H2,12,14). The van der Waals surface area contributed by atoms with Crippen LogP contribution in [0, 0.1) is 0 Å². The van der Waals surface area contributed by atoms with E-state index in [-0.39, 0.29) is 6.61 Å². The van der Waals surface area contributed by atoms with Crippen LogP contribution in [0.25, 0.3) is 11.3 Å². The maximum absolute atomic E-state index is 8.90. The lowest BCUT2D eigenvalue weighted by molar-refractivity contribution is 0.282. The molecular formula is C11H11N3O. The first kappa shape index (κ1) is 9.61. The highest BCUT2D eigenvalue weighted by molar-refractivity contribution is 5.59. The molecule has 1 aromatic carbocycles. The smallest absolute Gasteiger partial charge is 0.142 e. The van der Waals surface area contributed by atoms with Gasteiger partial charge in [-0.25, -0.2) is 4.98 Å². The van der Waals surface area contributed by atoms with Crippen molar-refractivity contribution < 1.29 is 5.11 Å². The number of anilines is 1. The second-order valence-electron chi connectivity index (χ2n) is 3.18. The normalized spacial score (nSPS) is 10.2. The lowest BCUT2D eigenvalue weighted by Gasteiger charge is -2.02. The molecule has 2 aromatic rings. The van der Waals surface area contributed by atoms with E-state index in [9.17, 15) is 0 Å². The molecule has 0 aliphatic heterocycles. The number of nitrogens with zero attached hydrogens (tertiary/aromatic N) is 2. The van der Waals surface area contributed by atoms with Gasteiger partial charge >= 0.3 is 0 Å². The van der Waals surface area contributed by atoms with Crippen LogP contribution in [0.2, 0.25) is 0 Å². The van der Waals surface area contributed by atoms with Crippen LogP contribution in [0.1, 0.15) is 5.56 Å². The van der Waals surface area contributed by atoms with Crippen molar-refractivity contribution in [2.24, 2.45) is 0 Å². The van der Waals surface area contributed by atoms with Crippen LogP contribution < -0.4 is 5.73 Å². The fourth-order valence-electron chi connectivity index (χ4n) is 1.30. The molecule has 0 spiro atoms. The van der Waals surface area contributed by atoms with Crippen molar-refractivity contribution in [1.82, 2.24) is 9.97 Å². The molecule has 4 nitrogen and oxygen atoms in total. The van der Waals surface area contributed by atoms with Gasteiger partial charge in [0.1, 0.15) is 5.82 Å². The van der Waals surface area contributed by atoms with E-state index >= 15 is 0 Å². The average Bonchev–Trinajstić information content (AvgIpc) is 2.29. The van der Waals surface area contributed by atoms with E-state index in [4.69, 9.17) is 10.8 Å². The summed E-state index contributed by atoms with van der Waals surface area (Å²) >= 11 is 0. The number of nitrogens with two attached hydrogens (primary N) is 1. The van der Waals surface area contributed by atoms with Crippen molar-refractivity contribution in [1.29, 1.82) is 0 Å². The third kappa shape index (κ3) is 2.11. The first-order chi connectivity index (χ1) is 7.29. The van der Waals surface area contributed by atoms with Crippen LogP contribution in [0.15, 0.2) is 36.7 Å². The van der Waals surface area contributed by atoms with Gasteiger partial charge in [0.25, 0.3) is 0 Å². The summed E-state index contributed by atoms with van der Waals surface area (Å²) in [5.41, 5.74) is 8.08. The molecule has 15 heavy (non-hydrogen) atoms. The number of hydrogen-bond acceptors (Lipinski definition) is 4. The number of aliphatic hydroxyl groups excluding tert-OH is 1. The Morgan fingerprint density at radius 3 is 2.47 bits per heavy atom. The van der Waals surface area contributed by atoms with Crippen LogP contribution in [0.4, 0.5) is 5.82 Å². The molecule has 0 unspecified atom stereocenters. The van der Waals surface area contributed by atoms with Crippen LogP contribution in [0.3, 0.4) is 0 Å². The SMILES string of the molecule is Nc1cncc(-c2ccc(CO)cc2)n1. The summed E-state index contributed by atoms with van der Waals surface area (Å²) < 4.78 is 0. The average molecular weight is 201 g/mol. The van der Waals surface area contributed by atoms with Gasteiger partial charge in [0.2, 0.25) is 0 Å². The number of rotatable bonds is 2. The minimum absolute atomic E-state index is 0.0445. The van der Waals surface area contributed by atoms with Crippen molar-refractivity contribution in [3.05, 3.63) is 42.2 Å². The van der Waals surface area contributed by atoms with E-state index < -0.39 is 0 Å². The van der Waals surface area contributed by atoms with Gasteiger partial charge in [-0.2, -0.15) is 0 Å². The van der Waals surface area contributed by atoms with E-state index in [1.807, 2.05) is 24.3 Å². The number of nitrogen functional groups attached to an aromatic ring is 1. The fraction of sp³-hybridized carbons (Fsp3) is 0.0909. The van der Waals surface area contributed by atoms with Crippen molar-refractivity contribution in [3.8, 4) is 11.3 Å². The second kappa shape index (κ2) is 4.06. The van der Waals surface area contributed by atoms with Gasteiger partial charge in [-0.15, -0.1) is 0 Å². The molecule has 0 atom stereocenters. The topological polar surface area (TPSA) is 72.0 Å². The molecule has 0 aliphatic rings. The molecule has 4 heteroatoms. The Morgan fingerprint density at radius 2 is 1.87 bits per heavy atom. The molecule has 0 amide bonds. The highest BCUT2D eigenvalue weighted by Crippen LogP contribution is 2.17. The Balaban J connectivity index is 2.37. The van der Waals surface area contributed by atoms with E-state index in [1.54, 1.807) is 6.20 Å². The predicted molar refractivity (Wildman–Crippen MR) is 57.8 cm³/mol. The zero-order chi connectivity index (χ0) is 10.7. The Hall–Kier alpha value is -1.94. The lowest BCUT2D eigenvalue weighted by Crippen LogP contribution is -1.93. The minimum atomic E-state index is 0.0445. The van der Waals surface area contributed by atoms with Gasteiger partial charge in [0.15, 0.2) is 0 Å². The number of aromatic nitrogens is 2. The quantitative estimate of drug-likeness (QED) is 0.766. The van der Waals surface area contributed by atoms with E-state index in [1.165, 1.54) is 6.20 Å². The van der Waals surface area contributed by atoms with Crippen molar-refractivity contribution >= 4 is 5.82 Å². The molecule has 0 saturated carbocycles. The lowest BCUT2D eigenvalue weighted by atomic mass is 10.1. The molecule has 1 aromatic heterocycles. The first-order valence-corrected chi connectivity index (χ1v) is 4.57. The molecule has 1 heterocycles. The maximum atomic E-state index is 8.90. The minimum Gasteiger partial charge on any atom is -0.392 e.